The fraction of sp³-hybridized carbons (Fsp3) is 0.125. The van der Waals surface area contributed by atoms with Crippen molar-refractivity contribution in [2.45, 2.75) is 6.42 Å². The van der Waals surface area contributed by atoms with Crippen LogP contribution >= 0.6 is 0 Å². The fourth-order valence-corrected chi connectivity index (χ4v) is 2.16. The average Bonchev–Trinajstić information content (AvgIpc) is 2.96. The number of rotatable bonds is 4. The molecule has 0 aliphatic rings. The van der Waals surface area contributed by atoms with Crippen molar-refractivity contribution >= 4 is 22.6 Å². The number of hydrogen-bond acceptors (Lipinski definition) is 2. The highest BCUT2D eigenvalue weighted by Crippen LogP contribution is 2.16. The molecule has 0 bridgehead atoms. The molecule has 0 radical (unpaired) electrons. The van der Waals surface area contributed by atoms with E-state index in [1.54, 1.807) is 6.20 Å². The van der Waals surface area contributed by atoms with Gasteiger partial charge in [-0.15, -0.1) is 0 Å². The zero-order chi connectivity index (χ0) is 14.5. The number of anilines is 1. The monoisotopic (exact) mass is 280 g/mol. The van der Waals surface area contributed by atoms with Crippen LogP contribution in [0, 0.1) is 0 Å². The van der Waals surface area contributed by atoms with E-state index in [2.05, 4.69) is 20.8 Å². The number of aromatic nitrogens is 2. The molecule has 1 aromatic heterocycles. The third-order valence-electron chi connectivity index (χ3n) is 3.24. The quantitative estimate of drug-likeness (QED) is 0.687. The van der Waals surface area contributed by atoms with Crippen molar-refractivity contribution in [3.05, 3.63) is 60.3 Å². The van der Waals surface area contributed by atoms with Crippen LogP contribution in [0.2, 0.25) is 0 Å². The van der Waals surface area contributed by atoms with Gasteiger partial charge in [-0.3, -0.25) is 5.10 Å². The number of nitrogens with zero attached hydrogens (tertiary/aromatic N) is 1. The molecule has 0 aliphatic heterocycles. The SMILES string of the molecule is O=C(NCCc1ccccc1)Nc1ccc2cn[nH]c2c1. The summed E-state index contributed by atoms with van der Waals surface area (Å²) >= 11 is 0. The highest BCUT2D eigenvalue weighted by molar-refractivity contribution is 5.92. The lowest BCUT2D eigenvalue weighted by molar-refractivity contribution is 0.252. The van der Waals surface area contributed by atoms with Crippen molar-refractivity contribution in [1.29, 1.82) is 0 Å². The van der Waals surface area contributed by atoms with E-state index in [0.717, 1.165) is 23.0 Å². The second kappa shape index (κ2) is 6.09. The van der Waals surface area contributed by atoms with Crippen molar-refractivity contribution in [3.63, 3.8) is 0 Å². The molecular weight excluding hydrogens is 264 g/mol. The second-order valence-corrected chi connectivity index (χ2v) is 4.79. The predicted octanol–water partition coefficient (Wildman–Crippen LogP) is 2.93. The molecule has 106 valence electrons. The standard InChI is InChI=1S/C16H16N4O/c21-16(17-9-8-12-4-2-1-3-5-12)19-14-7-6-13-11-18-20-15(13)10-14/h1-7,10-11H,8-9H2,(H,18,20)(H2,17,19,21). The van der Waals surface area contributed by atoms with Gasteiger partial charge in [0, 0.05) is 17.6 Å². The number of nitrogens with one attached hydrogen (secondary N) is 3. The fourth-order valence-electron chi connectivity index (χ4n) is 2.16. The molecule has 3 aromatic rings. The van der Waals surface area contributed by atoms with E-state index in [0.29, 0.717) is 6.54 Å². The lowest BCUT2D eigenvalue weighted by Gasteiger charge is -2.07. The zero-order valence-corrected chi connectivity index (χ0v) is 11.5. The molecule has 0 fully saturated rings. The Morgan fingerprint density at radius 1 is 1.14 bits per heavy atom. The molecule has 3 rings (SSSR count). The van der Waals surface area contributed by atoms with Gasteiger partial charge in [0.15, 0.2) is 0 Å². The van der Waals surface area contributed by atoms with Crippen LogP contribution in [0.5, 0.6) is 0 Å². The van der Waals surface area contributed by atoms with Gasteiger partial charge in [0.25, 0.3) is 0 Å². The molecule has 0 saturated carbocycles. The summed E-state index contributed by atoms with van der Waals surface area (Å²) in [5.41, 5.74) is 2.85. The van der Waals surface area contributed by atoms with E-state index in [-0.39, 0.29) is 6.03 Å². The van der Waals surface area contributed by atoms with Crippen molar-refractivity contribution in [2.75, 3.05) is 11.9 Å². The van der Waals surface area contributed by atoms with Crippen LogP contribution in [0.4, 0.5) is 10.5 Å². The van der Waals surface area contributed by atoms with Gasteiger partial charge in [-0.05, 0) is 30.2 Å². The molecule has 2 aromatic carbocycles. The summed E-state index contributed by atoms with van der Waals surface area (Å²) in [6.07, 6.45) is 2.56. The van der Waals surface area contributed by atoms with E-state index in [9.17, 15) is 4.79 Å². The zero-order valence-electron chi connectivity index (χ0n) is 11.5. The topological polar surface area (TPSA) is 69.8 Å². The Morgan fingerprint density at radius 2 is 2.00 bits per heavy atom. The first-order valence-corrected chi connectivity index (χ1v) is 6.83. The van der Waals surface area contributed by atoms with Gasteiger partial charge in [-0.25, -0.2) is 4.79 Å². The van der Waals surface area contributed by atoms with Gasteiger partial charge >= 0.3 is 6.03 Å². The third-order valence-corrected chi connectivity index (χ3v) is 3.24. The molecule has 0 spiro atoms. The highest BCUT2D eigenvalue weighted by Gasteiger charge is 2.03. The first kappa shape index (κ1) is 13.2. The average molecular weight is 280 g/mol. The number of amides is 2. The Balaban J connectivity index is 1.51. The smallest absolute Gasteiger partial charge is 0.319 e. The van der Waals surface area contributed by atoms with E-state index >= 15 is 0 Å². The molecule has 5 heteroatoms. The largest absolute Gasteiger partial charge is 0.338 e. The first-order chi connectivity index (χ1) is 10.3. The van der Waals surface area contributed by atoms with Crippen LogP contribution < -0.4 is 10.6 Å². The number of carbonyl (C=O) groups excluding carboxylic acids is 1. The minimum Gasteiger partial charge on any atom is -0.338 e. The summed E-state index contributed by atoms with van der Waals surface area (Å²) in [5, 5.41) is 13.5. The van der Waals surface area contributed by atoms with Gasteiger partial charge in [0.2, 0.25) is 0 Å². The van der Waals surface area contributed by atoms with Gasteiger partial charge < -0.3 is 10.6 Å². The third kappa shape index (κ3) is 3.39. The Kier molecular flexibility index (Phi) is 3.82. The van der Waals surface area contributed by atoms with Crippen LogP contribution in [0.3, 0.4) is 0 Å². The minimum atomic E-state index is -0.204. The first-order valence-electron chi connectivity index (χ1n) is 6.83. The van der Waals surface area contributed by atoms with E-state index < -0.39 is 0 Å². The van der Waals surface area contributed by atoms with Gasteiger partial charge in [0.1, 0.15) is 0 Å². The summed E-state index contributed by atoms with van der Waals surface area (Å²) in [5.74, 6) is 0. The number of benzene rings is 2. The summed E-state index contributed by atoms with van der Waals surface area (Å²) in [4.78, 5) is 11.8. The van der Waals surface area contributed by atoms with Crippen LogP contribution in [0.25, 0.3) is 10.9 Å². The van der Waals surface area contributed by atoms with Crippen LogP contribution in [0.1, 0.15) is 5.56 Å². The van der Waals surface area contributed by atoms with Crippen molar-refractivity contribution in [1.82, 2.24) is 15.5 Å². The van der Waals surface area contributed by atoms with E-state index in [1.807, 2.05) is 48.5 Å². The second-order valence-electron chi connectivity index (χ2n) is 4.79. The van der Waals surface area contributed by atoms with Crippen LogP contribution in [-0.2, 0) is 6.42 Å². The van der Waals surface area contributed by atoms with Crippen LogP contribution in [0.15, 0.2) is 54.7 Å². The lowest BCUT2D eigenvalue weighted by atomic mass is 10.1. The van der Waals surface area contributed by atoms with E-state index in [1.165, 1.54) is 5.56 Å². The minimum absolute atomic E-state index is 0.204. The Labute approximate surface area is 122 Å². The number of carbonyl (C=O) groups is 1. The lowest BCUT2D eigenvalue weighted by Crippen LogP contribution is -2.30. The van der Waals surface area contributed by atoms with Crippen LogP contribution in [-0.4, -0.2) is 22.8 Å². The summed E-state index contributed by atoms with van der Waals surface area (Å²) in [7, 11) is 0. The molecule has 0 saturated heterocycles. The molecule has 0 aliphatic carbocycles. The Morgan fingerprint density at radius 3 is 2.86 bits per heavy atom. The molecule has 5 nitrogen and oxygen atoms in total. The van der Waals surface area contributed by atoms with Crippen molar-refractivity contribution in [3.8, 4) is 0 Å². The molecule has 2 amide bonds. The Bertz CT molecular complexity index is 736. The molecular formula is C16H16N4O. The summed E-state index contributed by atoms with van der Waals surface area (Å²) in [6, 6.07) is 15.5. The normalized spacial score (nSPS) is 10.5. The number of hydrogen-bond donors (Lipinski definition) is 3. The summed E-state index contributed by atoms with van der Waals surface area (Å²) < 4.78 is 0. The van der Waals surface area contributed by atoms with Crippen molar-refractivity contribution in [2.24, 2.45) is 0 Å². The maximum Gasteiger partial charge on any atom is 0.319 e. The molecule has 3 N–H and O–H groups in total. The summed E-state index contributed by atoms with van der Waals surface area (Å²) in [6.45, 7) is 0.599. The number of aromatic amines is 1. The number of fused-ring (bicyclic) bond motifs is 1. The maximum atomic E-state index is 11.8. The Hall–Kier alpha value is -2.82. The number of urea groups is 1. The molecule has 1 heterocycles. The van der Waals surface area contributed by atoms with Gasteiger partial charge in [-0.2, -0.15) is 5.10 Å². The van der Waals surface area contributed by atoms with E-state index in [4.69, 9.17) is 0 Å². The highest BCUT2D eigenvalue weighted by atomic mass is 16.2. The van der Waals surface area contributed by atoms with Gasteiger partial charge in [0.05, 0.1) is 11.7 Å². The predicted molar refractivity (Wildman–Crippen MR) is 83.3 cm³/mol. The molecule has 0 atom stereocenters. The molecule has 0 unspecified atom stereocenters. The molecule has 21 heavy (non-hydrogen) atoms. The van der Waals surface area contributed by atoms with Crippen molar-refractivity contribution < 1.29 is 4.79 Å². The number of H-pyrrole nitrogens is 1. The maximum absolute atomic E-state index is 11.8. The van der Waals surface area contributed by atoms with Gasteiger partial charge in [-0.1, -0.05) is 30.3 Å².